The van der Waals surface area contributed by atoms with E-state index >= 15 is 0 Å². The summed E-state index contributed by atoms with van der Waals surface area (Å²) in [5.74, 6) is 2.25. The van der Waals surface area contributed by atoms with Crippen LogP contribution in [0.15, 0.2) is 42.6 Å². The van der Waals surface area contributed by atoms with Gasteiger partial charge < -0.3 is 24.4 Å². The van der Waals surface area contributed by atoms with Crippen LogP contribution in [0.4, 0.5) is 11.5 Å². The number of rotatable bonds is 6. The van der Waals surface area contributed by atoms with Crippen molar-refractivity contribution in [2.45, 2.75) is 12.8 Å². The second-order valence-corrected chi connectivity index (χ2v) is 7.38. The van der Waals surface area contributed by atoms with Gasteiger partial charge in [0.15, 0.2) is 11.5 Å². The maximum atomic E-state index is 12.9. The third-order valence-corrected chi connectivity index (χ3v) is 5.56. The molecule has 1 aromatic heterocycles. The van der Waals surface area contributed by atoms with Gasteiger partial charge in [-0.15, -0.1) is 0 Å². The number of para-hydroxylation sites is 2. The Morgan fingerprint density at radius 3 is 2.26 bits per heavy atom. The first-order chi connectivity index (χ1) is 15.1. The SMILES string of the molecule is COc1cc(NC(=O)C2CCN(c3cnc4ccccc4n3)CC2)cc(OC)c1OC. The van der Waals surface area contributed by atoms with E-state index in [1.54, 1.807) is 39.7 Å². The van der Waals surface area contributed by atoms with Gasteiger partial charge in [0.1, 0.15) is 5.82 Å². The summed E-state index contributed by atoms with van der Waals surface area (Å²) in [6.07, 6.45) is 3.29. The summed E-state index contributed by atoms with van der Waals surface area (Å²) in [5.41, 5.74) is 2.37. The van der Waals surface area contributed by atoms with Crippen molar-refractivity contribution in [2.75, 3.05) is 44.6 Å². The molecule has 1 aliphatic rings. The van der Waals surface area contributed by atoms with E-state index in [1.165, 1.54) is 0 Å². The molecule has 0 saturated carbocycles. The van der Waals surface area contributed by atoms with Gasteiger partial charge in [0.2, 0.25) is 11.7 Å². The lowest BCUT2D eigenvalue weighted by molar-refractivity contribution is -0.120. The van der Waals surface area contributed by atoms with E-state index in [4.69, 9.17) is 19.2 Å². The molecule has 2 heterocycles. The number of fused-ring (bicyclic) bond motifs is 1. The van der Waals surface area contributed by atoms with Crippen molar-refractivity contribution in [2.24, 2.45) is 5.92 Å². The smallest absolute Gasteiger partial charge is 0.227 e. The summed E-state index contributed by atoms with van der Waals surface area (Å²) in [5, 5.41) is 2.99. The molecule has 0 spiro atoms. The van der Waals surface area contributed by atoms with E-state index in [-0.39, 0.29) is 11.8 Å². The van der Waals surface area contributed by atoms with Gasteiger partial charge in [0.25, 0.3) is 0 Å². The number of aromatic nitrogens is 2. The normalized spacial score (nSPS) is 14.4. The number of nitrogens with one attached hydrogen (secondary N) is 1. The molecule has 0 bridgehead atoms. The van der Waals surface area contributed by atoms with E-state index in [0.717, 1.165) is 42.8 Å². The van der Waals surface area contributed by atoms with Crippen molar-refractivity contribution in [3.63, 3.8) is 0 Å². The van der Waals surface area contributed by atoms with Crippen LogP contribution in [0.25, 0.3) is 11.0 Å². The highest BCUT2D eigenvalue weighted by molar-refractivity contribution is 5.93. The number of methoxy groups -OCH3 is 3. The van der Waals surface area contributed by atoms with Crippen LogP contribution in [0.2, 0.25) is 0 Å². The zero-order valence-corrected chi connectivity index (χ0v) is 17.9. The van der Waals surface area contributed by atoms with E-state index in [0.29, 0.717) is 22.9 Å². The molecule has 31 heavy (non-hydrogen) atoms. The fraction of sp³-hybridized carbons (Fsp3) is 0.348. The number of carbonyl (C=O) groups is 1. The average molecular weight is 422 g/mol. The van der Waals surface area contributed by atoms with Crippen molar-refractivity contribution in [1.29, 1.82) is 0 Å². The van der Waals surface area contributed by atoms with Gasteiger partial charge in [-0.1, -0.05) is 12.1 Å². The van der Waals surface area contributed by atoms with Gasteiger partial charge in [-0.3, -0.25) is 9.78 Å². The van der Waals surface area contributed by atoms with Crippen molar-refractivity contribution in [3.8, 4) is 17.2 Å². The molecule has 2 aromatic carbocycles. The number of piperidine rings is 1. The van der Waals surface area contributed by atoms with Crippen LogP contribution >= 0.6 is 0 Å². The van der Waals surface area contributed by atoms with Crippen LogP contribution < -0.4 is 24.4 Å². The number of hydrogen-bond acceptors (Lipinski definition) is 7. The van der Waals surface area contributed by atoms with E-state index in [9.17, 15) is 4.79 Å². The van der Waals surface area contributed by atoms with Gasteiger partial charge in [-0.2, -0.15) is 0 Å². The minimum atomic E-state index is -0.0799. The van der Waals surface area contributed by atoms with Gasteiger partial charge >= 0.3 is 0 Å². The lowest BCUT2D eigenvalue weighted by Gasteiger charge is -2.32. The van der Waals surface area contributed by atoms with Crippen LogP contribution in [-0.2, 0) is 4.79 Å². The molecule has 1 aliphatic heterocycles. The topological polar surface area (TPSA) is 85.8 Å². The zero-order chi connectivity index (χ0) is 21.8. The maximum Gasteiger partial charge on any atom is 0.227 e. The van der Waals surface area contributed by atoms with Crippen LogP contribution in [0.1, 0.15) is 12.8 Å². The van der Waals surface area contributed by atoms with Crippen molar-refractivity contribution in [3.05, 3.63) is 42.6 Å². The Bertz CT molecular complexity index is 1060. The van der Waals surface area contributed by atoms with Crippen LogP contribution in [0.3, 0.4) is 0 Å². The molecule has 1 fully saturated rings. The van der Waals surface area contributed by atoms with Gasteiger partial charge in [-0.25, -0.2) is 4.98 Å². The number of anilines is 2. The standard InChI is InChI=1S/C23H26N4O4/c1-29-19-12-16(13-20(30-2)22(19)31-3)25-23(28)15-8-10-27(11-9-15)21-14-24-17-6-4-5-7-18(17)26-21/h4-7,12-15H,8-11H2,1-3H3,(H,25,28). The number of nitrogens with zero attached hydrogens (tertiary/aromatic N) is 3. The van der Waals surface area contributed by atoms with Crippen molar-refractivity contribution >= 4 is 28.4 Å². The molecule has 162 valence electrons. The number of carbonyl (C=O) groups excluding carboxylic acids is 1. The van der Waals surface area contributed by atoms with Crippen molar-refractivity contribution < 1.29 is 19.0 Å². The Hall–Kier alpha value is -3.55. The summed E-state index contributed by atoms with van der Waals surface area (Å²) in [4.78, 5) is 24.3. The van der Waals surface area contributed by atoms with E-state index in [2.05, 4.69) is 15.2 Å². The minimum absolute atomic E-state index is 0.0153. The number of hydrogen-bond donors (Lipinski definition) is 1. The Balaban J connectivity index is 1.41. The van der Waals surface area contributed by atoms with Gasteiger partial charge in [0, 0.05) is 36.8 Å². The van der Waals surface area contributed by atoms with Crippen molar-refractivity contribution in [1.82, 2.24) is 9.97 Å². The molecule has 3 aromatic rings. The third kappa shape index (κ3) is 4.33. The average Bonchev–Trinajstić information content (AvgIpc) is 2.83. The van der Waals surface area contributed by atoms with Gasteiger partial charge in [0.05, 0.1) is 38.6 Å². The molecule has 0 atom stereocenters. The summed E-state index contributed by atoms with van der Waals surface area (Å²) in [6, 6.07) is 11.3. The highest BCUT2D eigenvalue weighted by Gasteiger charge is 2.26. The fourth-order valence-corrected chi connectivity index (χ4v) is 3.87. The molecular weight excluding hydrogens is 396 g/mol. The highest BCUT2D eigenvalue weighted by Crippen LogP contribution is 2.40. The highest BCUT2D eigenvalue weighted by atomic mass is 16.5. The number of amides is 1. The summed E-state index contributed by atoms with van der Waals surface area (Å²) < 4.78 is 16.1. The largest absolute Gasteiger partial charge is 0.493 e. The molecule has 8 heteroatoms. The van der Waals surface area contributed by atoms with E-state index < -0.39 is 0 Å². The molecule has 0 unspecified atom stereocenters. The molecule has 4 rings (SSSR count). The van der Waals surface area contributed by atoms with Crippen LogP contribution in [0.5, 0.6) is 17.2 Å². The molecule has 0 radical (unpaired) electrons. The first-order valence-corrected chi connectivity index (χ1v) is 10.2. The summed E-state index contributed by atoms with van der Waals surface area (Å²) in [7, 11) is 4.65. The second kappa shape index (κ2) is 9.07. The quantitative estimate of drug-likeness (QED) is 0.651. The minimum Gasteiger partial charge on any atom is -0.493 e. The fourth-order valence-electron chi connectivity index (χ4n) is 3.87. The third-order valence-electron chi connectivity index (χ3n) is 5.56. The predicted octanol–water partition coefficient (Wildman–Crippen LogP) is 3.51. The molecule has 1 saturated heterocycles. The van der Waals surface area contributed by atoms with E-state index in [1.807, 2.05) is 24.3 Å². The second-order valence-electron chi connectivity index (χ2n) is 7.38. The molecule has 1 N–H and O–H groups in total. The Kier molecular flexibility index (Phi) is 6.06. The molecule has 8 nitrogen and oxygen atoms in total. The van der Waals surface area contributed by atoms with Crippen LogP contribution in [0, 0.1) is 5.92 Å². The lowest BCUT2D eigenvalue weighted by atomic mass is 9.96. The lowest BCUT2D eigenvalue weighted by Crippen LogP contribution is -2.38. The number of benzene rings is 2. The maximum absolute atomic E-state index is 12.9. The number of ether oxygens (including phenoxy) is 3. The van der Waals surface area contributed by atoms with Crippen LogP contribution in [-0.4, -0.2) is 50.3 Å². The predicted molar refractivity (Wildman–Crippen MR) is 119 cm³/mol. The molecular formula is C23H26N4O4. The summed E-state index contributed by atoms with van der Waals surface area (Å²) >= 11 is 0. The Morgan fingerprint density at radius 2 is 1.65 bits per heavy atom. The zero-order valence-electron chi connectivity index (χ0n) is 17.9. The Morgan fingerprint density at radius 1 is 1.00 bits per heavy atom. The Labute approximate surface area is 181 Å². The molecule has 1 amide bonds. The summed E-state index contributed by atoms with van der Waals surface area (Å²) in [6.45, 7) is 1.50. The first-order valence-electron chi connectivity index (χ1n) is 10.2. The van der Waals surface area contributed by atoms with Gasteiger partial charge in [-0.05, 0) is 25.0 Å². The first kappa shape index (κ1) is 20.7. The monoisotopic (exact) mass is 422 g/mol. The molecule has 0 aliphatic carbocycles.